The van der Waals surface area contributed by atoms with Gasteiger partial charge in [-0.3, -0.25) is 0 Å². The van der Waals surface area contributed by atoms with Crippen molar-refractivity contribution in [2.75, 3.05) is 7.11 Å². The van der Waals surface area contributed by atoms with E-state index in [2.05, 4.69) is 31.0 Å². The van der Waals surface area contributed by atoms with E-state index >= 15 is 0 Å². The number of alkyl halides is 3. The summed E-state index contributed by atoms with van der Waals surface area (Å²) in [6.07, 6.45) is -0.494. The average Bonchev–Trinajstić information content (AvgIpc) is 3.17. The normalized spacial score (nSPS) is 11.9. The first-order chi connectivity index (χ1) is 15.7. The Kier molecular flexibility index (Phi) is 6.42. The summed E-state index contributed by atoms with van der Waals surface area (Å²) in [6.45, 7) is 4.17. The number of benzene rings is 3. The fourth-order valence-corrected chi connectivity index (χ4v) is 4.29. The predicted octanol–water partition coefficient (Wildman–Crippen LogP) is 7.69. The van der Waals surface area contributed by atoms with Crippen molar-refractivity contribution in [3.05, 3.63) is 87.4 Å². The molecule has 0 atom stereocenters. The first-order valence-corrected chi connectivity index (χ1v) is 11.1. The molecule has 3 aromatic carbocycles. The van der Waals surface area contributed by atoms with Gasteiger partial charge in [-0.2, -0.15) is 13.2 Å². The van der Waals surface area contributed by atoms with Gasteiger partial charge < -0.3 is 9.47 Å². The number of methoxy groups -OCH3 is 1. The summed E-state index contributed by atoms with van der Waals surface area (Å²) in [7, 11) is 1.53. The first kappa shape index (κ1) is 22.9. The molecule has 4 rings (SSSR count). The third-order valence-electron chi connectivity index (χ3n) is 5.28. The van der Waals surface area contributed by atoms with Crippen LogP contribution in [0.1, 0.15) is 32.8 Å². The van der Waals surface area contributed by atoms with E-state index in [1.165, 1.54) is 24.3 Å². The summed E-state index contributed by atoms with van der Waals surface area (Å²) >= 11 is 1.63. The van der Waals surface area contributed by atoms with Gasteiger partial charge >= 0.3 is 6.18 Å². The van der Waals surface area contributed by atoms with Crippen molar-refractivity contribution in [1.29, 1.82) is 0 Å². The molecule has 1 aromatic heterocycles. The van der Waals surface area contributed by atoms with Crippen LogP contribution in [0.2, 0.25) is 0 Å². The van der Waals surface area contributed by atoms with E-state index in [1.54, 1.807) is 23.5 Å². The highest BCUT2D eigenvalue weighted by Gasteiger charge is 2.30. The van der Waals surface area contributed by atoms with Gasteiger partial charge in [0.25, 0.3) is 0 Å². The van der Waals surface area contributed by atoms with Crippen molar-refractivity contribution < 1.29 is 22.6 Å². The topological polar surface area (TPSA) is 31.4 Å². The molecule has 0 unspecified atom stereocenters. The summed E-state index contributed by atoms with van der Waals surface area (Å²) in [5.41, 5.74) is 4.07. The third-order valence-corrected chi connectivity index (χ3v) is 6.26. The molecular formula is C26H22F3NO2S. The van der Waals surface area contributed by atoms with Crippen LogP contribution in [0.15, 0.2) is 54.6 Å². The van der Waals surface area contributed by atoms with Crippen LogP contribution in [0.5, 0.6) is 11.5 Å². The summed E-state index contributed by atoms with van der Waals surface area (Å²) in [4.78, 5) is 4.67. The van der Waals surface area contributed by atoms with Crippen LogP contribution in [0.4, 0.5) is 13.2 Å². The molecule has 0 aliphatic heterocycles. The van der Waals surface area contributed by atoms with E-state index < -0.39 is 11.7 Å². The van der Waals surface area contributed by atoms with Crippen molar-refractivity contribution in [3.63, 3.8) is 0 Å². The molecule has 33 heavy (non-hydrogen) atoms. The van der Waals surface area contributed by atoms with Crippen LogP contribution in [0.3, 0.4) is 0 Å². The molecule has 7 heteroatoms. The number of halogens is 3. The molecule has 0 bridgehead atoms. The molecule has 0 amide bonds. The fraction of sp³-hybridized carbons (Fsp3) is 0.192. The molecule has 0 radical (unpaired) electrons. The number of rotatable bonds is 6. The second-order valence-corrected chi connectivity index (χ2v) is 8.75. The number of aryl methyl sites for hydroxylation is 2. The monoisotopic (exact) mass is 469 g/mol. The Labute approximate surface area is 194 Å². The van der Waals surface area contributed by atoms with Crippen LogP contribution < -0.4 is 9.47 Å². The van der Waals surface area contributed by atoms with Gasteiger partial charge in [-0.25, -0.2) is 4.98 Å². The van der Waals surface area contributed by atoms with E-state index in [4.69, 9.17) is 9.47 Å². The second kappa shape index (κ2) is 9.27. The lowest BCUT2D eigenvalue weighted by molar-refractivity contribution is -0.137. The van der Waals surface area contributed by atoms with Crippen LogP contribution in [0.25, 0.3) is 22.4 Å². The minimum atomic E-state index is -4.39. The zero-order valence-corrected chi connectivity index (χ0v) is 19.2. The predicted molar refractivity (Wildman–Crippen MR) is 127 cm³/mol. The summed E-state index contributed by atoms with van der Waals surface area (Å²) in [5, 5.41) is 0.902. The Bertz CT molecular complexity index is 1290. The molecule has 0 aliphatic rings. The Morgan fingerprint density at radius 3 is 2.48 bits per heavy atom. The van der Waals surface area contributed by atoms with E-state index in [1.807, 2.05) is 24.3 Å². The van der Waals surface area contributed by atoms with Crippen molar-refractivity contribution >= 4 is 33.7 Å². The molecule has 0 spiro atoms. The first-order valence-electron chi connectivity index (χ1n) is 10.3. The van der Waals surface area contributed by atoms with E-state index in [-0.39, 0.29) is 6.61 Å². The average molecular weight is 470 g/mol. The Balaban J connectivity index is 1.49. The molecular weight excluding hydrogens is 447 g/mol. The van der Waals surface area contributed by atoms with Crippen LogP contribution in [-0.4, -0.2) is 12.1 Å². The fourth-order valence-electron chi connectivity index (χ4n) is 3.34. The molecule has 0 aliphatic carbocycles. The Morgan fingerprint density at radius 1 is 0.939 bits per heavy atom. The number of nitrogens with zero attached hydrogens (tertiary/aromatic N) is 1. The van der Waals surface area contributed by atoms with E-state index in [0.29, 0.717) is 17.1 Å². The zero-order chi connectivity index (χ0) is 23.6. The molecule has 0 saturated carbocycles. The molecule has 4 aromatic rings. The quantitative estimate of drug-likeness (QED) is 0.290. The number of hydrogen-bond acceptors (Lipinski definition) is 4. The minimum Gasteiger partial charge on any atom is -0.493 e. The van der Waals surface area contributed by atoms with Crippen molar-refractivity contribution in [3.8, 4) is 11.5 Å². The number of ether oxygens (including phenoxy) is 2. The number of fused-ring (bicyclic) bond motifs is 1. The van der Waals surface area contributed by atoms with Gasteiger partial charge in [-0.05, 0) is 78.6 Å². The van der Waals surface area contributed by atoms with Crippen LogP contribution >= 0.6 is 11.3 Å². The van der Waals surface area contributed by atoms with Crippen LogP contribution in [-0.2, 0) is 12.8 Å². The van der Waals surface area contributed by atoms with Crippen molar-refractivity contribution in [2.24, 2.45) is 0 Å². The highest BCUT2D eigenvalue weighted by Crippen LogP contribution is 2.32. The lowest BCUT2D eigenvalue weighted by atomic mass is 10.1. The Hall–Kier alpha value is -3.32. The van der Waals surface area contributed by atoms with Gasteiger partial charge in [0, 0.05) is 0 Å². The highest BCUT2D eigenvalue weighted by atomic mass is 32.1. The Morgan fingerprint density at radius 2 is 1.73 bits per heavy atom. The maximum Gasteiger partial charge on any atom is 0.416 e. The number of hydrogen-bond donors (Lipinski definition) is 0. The molecule has 0 N–H and O–H groups in total. The summed E-state index contributed by atoms with van der Waals surface area (Å²) in [6, 6.07) is 14.8. The third kappa shape index (κ3) is 5.37. The SMILES string of the molecule is COc1cc(C=Cc2nc3cc(C)c(C)cc3s2)ccc1OCc1cccc(C(F)(F)F)c1. The maximum absolute atomic E-state index is 12.9. The maximum atomic E-state index is 12.9. The molecule has 170 valence electrons. The van der Waals surface area contributed by atoms with Gasteiger partial charge in [0.1, 0.15) is 11.6 Å². The summed E-state index contributed by atoms with van der Waals surface area (Å²) in [5.74, 6) is 0.956. The second-order valence-electron chi connectivity index (χ2n) is 7.69. The lowest BCUT2D eigenvalue weighted by Gasteiger charge is -2.13. The van der Waals surface area contributed by atoms with Crippen molar-refractivity contribution in [1.82, 2.24) is 4.98 Å². The number of thiazole rings is 1. The smallest absolute Gasteiger partial charge is 0.416 e. The highest BCUT2D eigenvalue weighted by molar-refractivity contribution is 7.19. The molecule has 0 saturated heterocycles. The van der Waals surface area contributed by atoms with Gasteiger partial charge in [0.15, 0.2) is 11.5 Å². The van der Waals surface area contributed by atoms with E-state index in [9.17, 15) is 13.2 Å². The van der Waals surface area contributed by atoms with Crippen molar-refractivity contribution in [2.45, 2.75) is 26.6 Å². The molecule has 0 fully saturated rings. The van der Waals surface area contributed by atoms with Gasteiger partial charge in [-0.15, -0.1) is 11.3 Å². The van der Waals surface area contributed by atoms with E-state index in [0.717, 1.165) is 32.9 Å². The van der Waals surface area contributed by atoms with Crippen LogP contribution in [0, 0.1) is 13.8 Å². The standard InChI is InChI=1S/C26H22F3NO2S/c1-16-11-21-24(12-17(16)2)33-25(30-21)10-8-18-7-9-22(23(14-18)31-3)32-15-19-5-4-6-20(13-19)26(27,28)29/h4-14H,15H2,1-3H3. The molecule has 3 nitrogen and oxygen atoms in total. The minimum absolute atomic E-state index is 0.00000396. The van der Waals surface area contributed by atoms with Gasteiger partial charge in [-0.1, -0.05) is 24.3 Å². The largest absolute Gasteiger partial charge is 0.493 e. The van der Waals surface area contributed by atoms with Gasteiger partial charge in [0.05, 0.1) is 22.9 Å². The zero-order valence-electron chi connectivity index (χ0n) is 18.4. The number of aromatic nitrogens is 1. The summed E-state index contributed by atoms with van der Waals surface area (Å²) < 4.78 is 51.1. The van der Waals surface area contributed by atoms with Gasteiger partial charge in [0.2, 0.25) is 0 Å². The molecule has 1 heterocycles. The lowest BCUT2D eigenvalue weighted by Crippen LogP contribution is -2.06.